The maximum absolute atomic E-state index is 2.62. The van der Waals surface area contributed by atoms with Gasteiger partial charge in [0.2, 0.25) is 0 Å². The van der Waals surface area contributed by atoms with Crippen molar-refractivity contribution in [3.8, 4) is 11.1 Å². The molecule has 0 heterocycles. The Morgan fingerprint density at radius 2 is 1.50 bits per heavy atom. The van der Waals surface area contributed by atoms with Gasteiger partial charge in [-0.2, -0.15) is 0 Å². The van der Waals surface area contributed by atoms with Crippen molar-refractivity contribution in [2.24, 2.45) is 0 Å². The average molecular weight is 247 g/mol. The quantitative estimate of drug-likeness (QED) is 0.678. The third-order valence-corrected chi connectivity index (χ3v) is 3.08. The van der Waals surface area contributed by atoms with Crippen molar-refractivity contribution in [2.75, 3.05) is 0 Å². The van der Waals surface area contributed by atoms with Crippen molar-refractivity contribution in [3.63, 3.8) is 0 Å². The van der Waals surface area contributed by atoms with Gasteiger partial charge in [0.15, 0.2) is 0 Å². The summed E-state index contributed by atoms with van der Waals surface area (Å²) in [6.07, 6.45) is 0. The summed E-state index contributed by atoms with van der Waals surface area (Å²) in [7, 11) is 0. The Kier molecular flexibility index (Phi) is 2.72. The summed E-state index contributed by atoms with van der Waals surface area (Å²) in [5.74, 6) is 0. The van der Waals surface area contributed by atoms with Gasteiger partial charge in [-0.3, -0.25) is 0 Å². The van der Waals surface area contributed by atoms with Crippen LogP contribution in [-0.2, 0) is 0 Å². The minimum absolute atomic E-state index is 1.27. The van der Waals surface area contributed by atoms with Crippen LogP contribution >= 0.6 is 0 Å². The van der Waals surface area contributed by atoms with Crippen molar-refractivity contribution in [1.29, 1.82) is 0 Å². The van der Waals surface area contributed by atoms with Crippen molar-refractivity contribution >= 4 is 20.5 Å². The Morgan fingerprint density at radius 3 is 2.14 bits per heavy atom. The van der Waals surface area contributed by atoms with Crippen molar-refractivity contribution in [1.82, 2.24) is 0 Å². The molecule has 1 heteroatoms. The van der Waals surface area contributed by atoms with Crippen LogP contribution in [0.5, 0.6) is 0 Å². The molecule has 0 spiro atoms. The van der Waals surface area contributed by atoms with E-state index >= 15 is 0 Å². The van der Waals surface area contributed by atoms with E-state index in [1.807, 2.05) is 0 Å². The van der Waals surface area contributed by atoms with Gasteiger partial charge in [-0.05, 0) is 0 Å². The van der Waals surface area contributed by atoms with E-state index < -0.39 is 0 Å². The van der Waals surface area contributed by atoms with Crippen molar-refractivity contribution in [3.05, 3.63) is 54.1 Å². The first kappa shape index (κ1) is 9.51. The molecule has 0 aromatic heterocycles. The van der Waals surface area contributed by atoms with Crippen LogP contribution in [0.15, 0.2) is 48.5 Å². The van der Waals surface area contributed by atoms with Crippen molar-refractivity contribution < 1.29 is 0 Å². The van der Waals surface area contributed by atoms with Crippen molar-refractivity contribution in [2.45, 2.75) is 6.92 Å². The zero-order valence-corrected chi connectivity index (χ0v) is 9.94. The fourth-order valence-corrected chi connectivity index (χ4v) is 2.06. The molecule has 0 nitrogen and oxygen atoms in total. The normalized spacial score (nSPS) is 10.1. The molecule has 0 N–H and O–H groups in total. The number of aryl methyl sites for hydroxylation is 1. The van der Waals surface area contributed by atoms with Gasteiger partial charge in [-0.1, -0.05) is 0 Å². The second kappa shape index (κ2) is 4.00. The second-order valence-corrected chi connectivity index (χ2v) is 4.39. The molecule has 0 radical (unpaired) electrons. The van der Waals surface area contributed by atoms with Crippen LogP contribution in [0.25, 0.3) is 11.1 Å². The van der Waals surface area contributed by atoms with Crippen LogP contribution in [0.4, 0.5) is 0 Å². The summed E-state index contributed by atoms with van der Waals surface area (Å²) in [6.45, 7) is 2.11. The first-order chi connectivity index (χ1) is 6.77. The first-order valence-corrected chi connectivity index (χ1v) is 5.56. The van der Waals surface area contributed by atoms with E-state index in [0.29, 0.717) is 0 Å². The molecule has 14 heavy (non-hydrogen) atoms. The van der Waals surface area contributed by atoms with E-state index in [2.05, 4.69) is 71.5 Å². The van der Waals surface area contributed by atoms with Gasteiger partial charge in [-0.15, -0.1) is 0 Å². The van der Waals surface area contributed by atoms with Gasteiger partial charge < -0.3 is 0 Å². The van der Waals surface area contributed by atoms with Gasteiger partial charge in [0.25, 0.3) is 0 Å². The molecule has 2 aromatic carbocycles. The minimum atomic E-state index is 1.27. The third-order valence-electron chi connectivity index (χ3n) is 2.27. The first-order valence-electron chi connectivity index (χ1n) is 4.62. The van der Waals surface area contributed by atoms with E-state index in [4.69, 9.17) is 0 Å². The molecule has 0 aliphatic carbocycles. The number of hydrogen-bond acceptors (Lipinski definition) is 0. The zero-order chi connectivity index (χ0) is 9.97. The number of benzene rings is 2. The summed E-state index contributed by atoms with van der Waals surface area (Å²) in [4.78, 5) is 0. The molecule has 0 aliphatic rings. The van der Waals surface area contributed by atoms with Crippen LogP contribution in [0, 0.1) is 6.92 Å². The van der Waals surface area contributed by atoms with Gasteiger partial charge in [0.1, 0.15) is 0 Å². The van der Waals surface area contributed by atoms with E-state index in [9.17, 15) is 0 Å². The van der Waals surface area contributed by atoms with Crippen LogP contribution < -0.4 is 4.46 Å². The molecule has 0 amide bonds. The second-order valence-electron chi connectivity index (χ2n) is 3.38. The molecule has 2 aromatic rings. The molecule has 0 unspecified atom stereocenters. The van der Waals surface area contributed by atoms with Gasteiger partial charge in [0.05, 0.1) is 0 Å². The Bertz CT molecular complexity index is 429. The molecule has 2 rings (SSSR count). The molecule has 70 valence electrons. The number of rotatable bonds is 1. The standard InChI is InChI=1S/C13H12Se/c1-10-6-8-11(9-7-10)12-4-2-3-5-13(12)14/h2-9,14H,1H3. The Morgan fingerprint density at radius 1 is 0.857 bits per heavy atom. The fraction of sp³-hybridized carbons (Fsp3) is 0.0769. The topological polar surface area (TPSA) is 0 Å². The predicted molar refractivity (Wildman–Crippen MR) is 63.4 cm³/mol. The Balaban J connectivity index is 2.50. The Labute approximate surface area is 92.8 Å². The molecule has 0 fully saturated rings. The van der Waals surface area contributed by atoms with E-state index in [1.54, 1.807) is 0 Å². The Hall–Kier alpha value is -1.04. The fourth-order valence-electron chi connectivity index (χ4n) is 1.45. The molecule has 0 atom stereocenters. The maximum atomic E-state index is 2.62. The predicted octanol–water partition coefficient (Wildman–Crippen LogP) is 2.19. The molecule has 0 bridgehead atoms. The summed E-state index contributed by atoms with van der Waals surface area (Å²) in [5.41, 5.74) is 3.89. The van der Waals surface area contributed by atoms with Gasteiger partial charge >= 0.3 is 92.6 Å². The average Bonchev–Trinajstić information content (AvgIpc) is 2.20. The third kappa shape index (κ3) is 1.89. The summed E-state index contributed by atoms with van der Waals surface area (Å²) >= 11 is 2.62. The van der Waals surface area contributed by atoms with Crippen LogP contribution in [0.2, 0.25) is 0 Å². The monoisotopic (exact) mass is 248 g/mol. The SMILES string of the molecule is Cc1ccc(-c2ccccc2[SeH])cc1. The summed E-state index contributed by atoms with van der Waals surface area (Å²) in [5, 5.41) is 0. The van der Waals surface area contributed by atoms with E-state index in [-0.39, 0.29) is 0 Å². The molecular formula is C13H12Se. The summed E-state index contributed by atoms with van der Waals surface area (Å²) < 4.78 is 1.27. The molecular weight excluding hydrogens is 235 g/mol. The van der Waals surface area contributed by atoms with Crippen LogP contribution in [0.1, 0.15) is 5.56 Å². The van der Waals surface area contributed by atoms with Gasteiger partial charge in [0, 0.05) is 0 Å². The van der Waals surface area contributed by atoms with E-state index in [0.717, 1.165) is 0 Å². The van der Waals surface area contributed by atoms with E-state index in [1.165, 1.54) is 21.2 Å². The van der Waals surface area contributed by atoms with Gasteiger partial charge in [-0.25, -0.2) is 0 Å². The number of hydrogen-bond donors (Lipinski definition) is 0. The van der Waals surface area contributed by atoms with Crippen LogP contribution in [-0.4, -0.2) is 16.0 Å². The zero-order valence-electron chi connectivity index (χ0n) is 8.07. The van der Waals surface area contributed by atoms with Crippen LogP contribution in [0.3, 0.4) is 0 Å². The molecule has 0 saturated carbocycles. The molecule has 0 aliphatic heterocycles. The summed E-state index contributed by atoms with van der Waals surface area (Å²) in [6, 6.07) is 17.0. The molecule has 0 saturated heterocycles.